The molecule has 1 aromatic rings. The van der Waals surface area contributed by atoms with Crippen LogP contribution < -0.4 is 10.1 Å². The fourth-order valence-corrected chi connectivity index (χ4v) is 5.72. The van der Waals surface area contributed by atoms with E-state index in [9.17, 15) is 4.79 Å². The Labute approximate surface area is 182 Å². The zero-order valence-electron chi connectivity index (χ0n) is 19.0. The largest absolute Gasteiger partial charge is 0.493 e. The Morgan fingerprint density at radius 3 is 2.63 bits per heavy atom. The maximum absolute atomic E-state index is 12.0. The summed E-state index contributed by atoms with van der Waals surface area (Å²) < 4.78 is 5.77. The Kier molecular flexibility index (Phi) is 7.35. The summed E-state index contributed by atoms with van der Waals surface area (Å²) >= 11 is 0. The van der Waals surface area contributed by atoms with Gasteiger partial charge in [0.2, 0.25) is 5.91 Å². The highest BCUT2D eigenvalue weighted by Gasteiger charge is 2.27. The first-order valence-corrected chi connectivity index (χ1v) is 12.3. The van der Waals surface area contributed by atoms with Crippen molar-refractivity contribution in [2.75, 3.05) is 26.2 Å². The van der Waals surface area contributed by atoms with Crippen molar-refractivity contribution < 1.29 is 9.53 Å². The second-order valence-electron chi connectivity index (χ2n) is 10.2. The van der Waals surface area contributed by atoms with Gasteiger partial charge >= 0.3 is 0 Å². The van der Waals surface area contributed by atoms with E-state index in [0.29, 0.717) is 24.3 Å². The lowest BCUT2D eigenvalue weighted by molar-refractivity contribution is -0.122. The third-order valence-electron chi connectivity index (χ3n) is 7.47. The predicted molar refractivity (Wildman–Crippen MR) is 122 cm³/mol. The molecule has 30 heavy (non-hydrogen) atoms. The molecule has 2 aliphatic heterocycles. The molecule has 166 valence electrons. The molecule has 4 nitrogen and oxygen atoms in total. The topological polar surface area (TPSA) is 41.6 Å². The van der Waals surface area contributed by atoms with Gasteiger partial charge in [-0.3, -0.25) is 4.79 Å². The van der Waals surface area contributed by atoms with Crippen LogP contribution in [-0.2, 0) is 11.2 Å². The first kappa shape index (κ1) is 21.7. The quantitative estimate of drug-likeness (QED) is 0.692. The van der Waals surface area contributed by atoms with Crippen LogP contribution in [0, 0.1) is 11.8 Å². The summed E-state index contributed by atoms with van der Waals surface area (Å²) in [6.45, 7) is 8.79. The van der Waals surface area contributed by atoms with Crippen LogP contribution in [0.4, 0.5) is 0 Å². The molecule has 1 amide bonds. The van der Waals surface area contributed by atoms with Gasteiger partial charge in [-0.05, 0) is 94.0 Å². The summed E-state index contributed by atoms with van der Waals surface area (Å²) in [6, 6.07) is 7.06. The van der Waals surface area contributed by atoms with E-state index in [0.717, 1.165) is 37.5 Å². The summed E-state index contributed by atoms with van der Waals surface area (Å²) in [7, 11) is 0. The number of amides is 1. The summed E-state index contributed by atoms with van der Waals surface area (Å²) in [6.07, 6.45) is 10.5. The van der Waals surface area contributed by atoms with Crippen molar-refractivity contribution in [3.63, 3.8) is 0 Å². The maximum atomic E-state index is 12.0. The van der Waals surface area contributed by atoms with E-state index in [1.54, 1.807) is 5.56 Å². The minimum absolute atomic E-state index is 0.243. The predicted octanol–water partition coefficient (Wildman–Crippen LogP) is 4.91. The van der Waals surface area contributed by atoms with E-state index in [-0.39, 0.29) is 5.91 Å². The summed E-state index contributed by atoms with van der Waals surface area (Å²) in [5.74, 6) is 3.37. The second kappa shape index (κ2) is 10.2. The van der Waals surface area contributed by atoms with Crippen LogP contribution in [0.5, 0.6) is 5.75 Å². The van der Waals surface area contributed by atoms with E-state index in [1.165, 1.54) is 57.3 Å². The lowest BCUT2D eigenvalue weighted by Gasteiger charge is -2.35. The van der Waals surface area contributed by atoms with Gasteiger partial charge < -0.3 is 15.0 Å². The molecule has 1 saturated heterocycles. The second-order valence-corrected chi connectivity index (χ2v) is 10.2. The fourth-order valence-electron chi connectivity index (χ4n) is 5.72. The molecule has 1 aliphatic carbocycles. The number of nitrogens with zero attached hydrogens (tertiary/aromatic N) is 1. The average molecular weight is 413 g/mol. The highest BCUT2D eigenvalue weighted by molar-refractivity contribution is 5.76. The van der Waals surface area contributed by atoms with Crippen LogP contribution in [0.3, 0.4) is 0 Å². The number of carbonyl (C=O) groups is 1. The van der Waals surface area contributed by atoms with Gasteiger partial charge in [-0.25, -0.2) is 0 Å². The molecule has 4 rings (SSSR count). The third kappa shape index (κ3) is 5.57. The molecule has 0 atom stereocenters. The van der Waals surface area contributed by atoms with Crippen LogP contribution in [0.15, 0.2) is 18.2 Å². The van der Waals surface area contributed by atoms with Crippen LogP contribution in [0.2, 0.25) is 0 Å². The number of hydrogen-bond acceptors (Lipinski definition) is 3. The van der Waals surface area contributed by atoms with E-state index in [1.807, 2.05) is 0 Å². The van der Waals surface area contributed by atoms with Gasteiger partial charge in [0.25, 0.3) is 0 Å². The van der Waals surface area contributed by atoms with Gasteiger partial charge in [0.15, 0.2) is 0 Å². The molecule has 4 heteroatoms. The standard InChI is InChI=1S/C26H40N2O2/c1-19(2)18-26(29)27-22-8-6-20(7-9-22)10-14-28-15-11-21(12-16-28)23-4-3-5-25-24(23)13-17-30-25/h3-5,19-22H,6-18H2,1-2H3,(H,27,29). The van der Waals surface area contributed by atoms with Crippen molar-refractivity contribution in [3.8, 4) is 5.75 Å². The van der Waals surface area contributed by atoms with E-state index in [2.05, 4.69) is 42.3 Å². The molecule has 3 aliphatic rings. The van der Waals surface area contributed by atoms with Gasteiger partial charge in [0.1, 0.15) is 5.75 Å². The third-order valence-corrected chi connectivity index (χ3v) is 7.47. The Hall–Kier alpha value is -1.55. The number of nitrogens with one attached hydrogen (secondary N) is 1. The molecule has 0 radical (unpaired) electrons. The Morgan fingerprint density at radius 2 is 1.90 bits per heavy atom. The number of likely N-dealkylation sites (tertiary alicyclic amines) is 1. The molecule has 1 aromatic carbocycles. The first-order valence-electron chi connectivity index (χ1n) is 12.3. The van der Waals surface area contributed by atoms with Crippen molar-refractivity contribution in [2.24, 2.45) is 11.8 Å². The Bertz CT molecular complexity index is 701. The van der Waals surface area contributed by atoms with Crippen LogP contribution >= 0.6 is 0 Å². The van der Waals surface area contributed by atoms with Crippen LogP contribution in [-0.4, -0.2) is 43.1 Å². The first-order chi connectivity index (χ1) is 14.6. The van der Waals surface area contributed by atoms with Gasteiger partial charge in [-0.1, -0.05) is 26.0 Å². The highest BCUT2D eigenvalue weighted by Crippen LogP contribution is 2.37. The smallest absolute Gasteiger partial charge is 0.220 e. The van der Waals surface area contributed by atoms with E-state index >= 15 is 0 Å². The van der Waals surface area contributed by atoms with Gasteiger partial charge in [-0.15, -0.1) is 0 Å². The molecule has 0 aromatic heterocycles. The number of carbonyl (C=O) groups excluding carboxylic acids is 1. The zero-order valence-corrected chi connectivity index (χ0v) is 19.0. The number of benzene rings is 1. The molecule has 0 spiro atoms. The minimum Gasteiger partial charge on any atom is -0.493 e. The number of fused-ring (bicyclic) bond motifs is 1. The molecule has 1 saturated carbocycles. The van der Waals surface area contributed by atoms with Crippen LogP contribution in [0.25, 0.3) is 0 Å². The number of hydrogen-bond donors (Lipinski definition) is 1. The van der Waals surface area contributed by atoms with Crippen molar-refractivity contribution in [3.05, 3.63) is 29.3 Å². The Morgan fingerprint density at radius 1 is 1.13 bits per heavy atom. The van der Waals surface area contributed by atoms with Crippen LogP contribution in [0.1, 0.15) is 82.3 Å². The van der Waals surface area contributed by atoms with E-state index < -0.39 is 0 Å². The van der Waals surface area contributed by atoms with Gasteiger partial charge in [0, 0.05) is 24.4 Å². The van der Waals surface area contributed by atoms with Gasteiger partial charge in [0.05, 0.1) is 6.61 Å². The summed E-state index contributed by atoms with van der Waals surface area (Å²) in [5, 5.41) is 3.26. The molecule has 0 bridgehead atoms. The molecule has 1 N–H and O–H groups in total. The van der Waals surface area contributed by atoms with Crippen molar-refractivity contribution in [1.29, 1.82) is 0 Å². The normalized spacial score (nSPS) is 25.2. The molecule has 2 heterocycles. The van der Waals surface area contributed by atoms with Crippen molar-refractivity contribution >= 4 is 5.91 Å². The highest BCUT2D eigenvalue weighted by atomic mass is 16.5. The number of piperidine rings is 1. The molecule has 2 fully saturated rings. The molecular formula is C26H40N2O2. The van der Waals surface area contributed by atoms with Gasteiger partial charge in [-0.2, -0.15) is 0 Å². The van der Waals surface area contributed by atoms with Crippen molar-refractivity contribution in [2.45, 2.75) is 83.6 Å². The number of ether oxygens (including phenoxy) is 1. The lowest BCUT2D eigenvalue weighted by atomic mass is 9.83. The number of rotatable bonds is 7. The average Bonchev–Trinajstić information content (AvgIpc) is 3.22. The van der Waals surface area contributed by atoms with Crippen molar-refractivity contribution in [1.82, 2.24) is 10.2 Å². The molecule has 0 unspecified atom stereocenters. The lowest BCUT2D eigenvalue weighted by Crippen LogP contribution is -2.39. The SMILES string of the molecule is CC(C)CC(=O)NC1CCC(CCN2CCC(c3cccc4c3CCO4)CC2)CC1. The fraction of sp³-hybridized carbons (Fsp3) is 0.731. The molecular weight excluding hydrogens is 372 g/mol. The Balaban J connectivity index is 1.15. The maximum Gasteiger partial charge on any atom is 0.220 e. The minimum atomic E-state index is 0.243. The monoisotopic (exact) mass is 412 g/mol. The summed E-state index contributed by atoms with van der Waals surface area (Å²) in [5.41, 5.74) is 3.04. The zero-order chi connectivity index (χ0) is 20.9. The summed E-state index contributed by atoms with van der Waals surface area (Å²) in [4.78, 5) is 14.7. The van der Waals surface area contributed by atoms with E-state index in [4.69, 9.17) is 4.74 Å².